The van der Waals surface area contributed by atoms with Crippen molar-refractivity contribution in [1.82, 2.24) is 0 Å². The minimum absolute atomic E-state index is 0.00398. The highest BCUT2D eigenvalue weighted by molar-refractivity contribution is 5.94. The van der Waals surface area contributed by atoms with Crippen molar-refractivity contribution < 1.29 is 34.4 Å². The fourth-order valence-electron chi connectivity index (χ4n) is 2.84. The molecule has 4 N–H and O–H groups in total. The number of hydrogen-bond donors (Lipinski definition) is 4. The number of phenolic OH excluding ortho intramolecular Hbond substituents is 2. The molecule has 0 amide bonds. The molecule has 1 heterocycles. The molecule has 1 aliphatic rings. The summed E-state index contributed by atoms with van der Waals surface area (Å²) in [6.45, 7) is 0. The highest BCUT2D eigenvalue weighted by Crippen LogP contribution is 2.41. The first kappa shape index (κ1) is 16.3. The van der Waals surface area contributed by atoms with E-state index in [2.05, 4.69) is 0 Å². The monoisotopic (exact) mass is 344 g/mol. The third-order valence-electron chi connectivity index (χ3n) is 4.02. The summed E-state index contributed by atoms with van der Waals surface area (Å²) < 4.78 is 4.75. The summed E-state index contributed by atoms with van der Waals surface area (Å²) in [6.07, 6.45) is 1.30. The highest BCUT2D eigenvalue weighted by atomic mass is 16.4. The molecule has 0 spiro atoms. The predicted molar refractivity (Wildman–Crippen MR) is 83.8 cm³/mol. The van der Waals surface area contributed by atoms with Crippen LogP contribution in [0.4, 0.5) is 0 Å². The lowest BCUT2D eigenvalue weighted by Crippen LogP contribution is -2.20. The third kappa shape index (κ3) is 2.85. The fraction of sp³-hybridized carbons (Fsp3) is 0.118. The van der Waals surface area contributed by atoms with Crippen LogP contribution in [0.15, 0.2) is 39.1 Å². The van der Waals surface area contributed by atoms with Crippen molar-refractivity contribution in [3.05, 3.63) is 62.7 Å². The van der Waals surface area contributed by atoms with Gasteiger partial charge in [0.15, 0.2) is 11.5 Å². The topological polar surface area (TPSA) is 145 Å². The van der Waals surface area contributed by atoms with Crippen LogP contribution in [0.5, 0.6) is 11.5 Å². The number of carboxylic acid groups (broad SMARTS) is 2. The molecule has 0 saturated carbocycles. The van der Waals surface area contributed by atoms with Crippen LogP contribution in [-0.4, -0.2) is 32.4 Å². The first-order valence-electron chi connectivity index (χ1n) is 7.15. The number of carboxylic acids is 2. The number of benzene rings is 1. The number of rotatable bonds is 3. The van der Waals surface area contributed by atoms with Gasteiger partial charge >= 0.3 is 17.6 Å². The first-order chi connectivity index (χ1) is 11.8. The fourth-order valence-corrected chi connectivity index (χ4v) is 2.84. The van der Waals surface area contributed by atoms with Crippen molar-refractivity contribution in [3.8, 4) is 11.5 Å². The quantitative estimate of drug-likeness (QED) is 0.616. The van der Waals surface area contributed by atoms with Gasteiger partial charge < -0.3 is 24.8 Å². The Bertz CT molecular complexity index is 983. The number of fused-ring (bicyclic) bond motifs is 1. The maximum absolute atomic E-state index is 12.2. The van der Waals surface area contributed by atoms with Gasteiger partial charge in [0.25, 0.3) is 0 Å². The van der Waals surface area contributed by atoms with E-state index in [4.69, 9.17) is 9.52 Å². The zero-order valence-electron chi connectivity index (χ0n) is 12.6. The minimum Gasteiger partial charge on any atom is -0.504 e. The third-order valence-corrected chi connectivity index (χ3v) is 4.02. The van der Waals surface area contributed by atoms with Gasteiger partial charge in [0, 0.05) is 17.1 Å². The zero-order chi connectivity index (χ0) is 18.3. The van der Waals surface area contributed by atoms with Gasteiger partial charge in [-0.2, -0.15) is 0 Å². The molecule has 3 rings (SSSR count). The standard InChI is InChI=1S/C17H12O8/c18-12-5-7-3-8(15(20)21)4-11(10(7)6-13(12)19)9-1-2-14(16(22)23)25-17(9)24/h1-3,5-6,11,18-19H,4H2,(H,20,21)(H,22,23). The molecule has 0 radical (unpaired) electrons. The van der Waals surface area contributed by atoms with E-state index in [0.29, 0.717) is 11.1 Å². The second-order valence-corrected chi connectivity index (χ2v) is 5.55. The number of aromatic hydroxyl groups is 2. The van der Waals surface area contributed by atoms with Crippen LogP contribution in [0.3, 0.4) is 0 Å². The number of aliphatic carboxylic acids is 1. The lowest BCUT2D eigenvalue weighted by Gasteiger charge is -2.24. The molecule has 0 saturated heterocycles. The second-order valence-electron chi connectivity index (χ2n) is 5.55. The van der Waals surface area contributed by atoms with E-state index in [1.54, 1.807) is 0 Å². The largest absolute Gasteiger partial charge is 0.504 e. The van der Waals surface area contributed by atoms with Crippen LogP contribution in [0, 0.1) is 0 Å². The molecule has 0 bridgehead atoms. The van der Waals surface area contributed by atoms with Gasteiger partial charge in [-0.05, 0) is 47.9 Å². The van der Waals surface area contributed by atoms with Crippen LogP contribution in [0.2, 0.25) is 0 Å². The van der Waals surface area contributed by atoms with Crippen LogP contribution in [-0.2, 0) is 4.79 Å². The van der Waals surface area contributed by atoms with E-state index in [1.807, 2.05) is 0 Å². The van der Waals surface area contributed by atoms with E-state index in [9.17, 15) is 29.7 Å². The van der Waals surface area contributed by atoms with Gasteiger partial charge in [-0.25, -0.2) is 14.4 Å². The molecule has 8 nitrogen and oxygen atoms in total. The summed E-state index contributed by atoms with van der Waals surface area (Å²) in [5.74, 6) is -4.73. The summed E-state index contributed by atoms with van der Waals surface area (Å²) in [7, 11) is 0. The molecule has 1 aliphatic carbocycles. The maximum Gasteiger partial charge on any atom is 0.371 e. The molecular formula is C17H12O8. The first-order valence-corrected chi connectivity index (χ1v) is 7.15. The summed E-state index contributed by atoms with van der Waals surface area (Å²) in [6, 6.07) is 4.82. The Balaban J connectivity index is 2.19. The molecule has 1 aromatic carbocycles. The Morgan fingerprint density at radius 1 is 1.00 bits per heavy atom. The molecule has 2 aromatic rings. The molecule has 1 aromatic heterocycles. The molecule has 128 valence electrons. The molecule has 1 atom stereocenters. The second kappa shape index (κ2) is 5.82. The van der Waals surface area contributed by atoms with Crippen molar-refractivity contribution >= 4 is 18.0 Å². The molecule has 25 heavy (non-hydrogen) atoms. The van der Waals surface area contributed by atoms with Gasteiger partial charge in [-0.3, -0.25) is 0 Å². The smallest absolute Gasteiger partial charge is 0.371 e. The summed E-state index contributed by atoms with van der Waals surface area (Å²) in [5.41, 5.74) is -0.0797. The van der Waals surface area contributed by atoms with Crippen LogP contribution in [0.25, 0.3) is 6.08 Å². The van der Waals surface area contributed by atoms with Crippen LogP contribution < -0.4 is 5.63 Å². The molecule has 0 aliphatic heterocycles. The highest BCUT2D eigenvalue weighted by Gasteiger charge is 2.29. The van der Waals surface area contributed by atoms with Gasteiger partial charge in [0.1, 0.15) is 0 Å². The van der Waals surface area contributed by atoms with E-state index in [1.165, 1.54) is 24.3 Å². The Labute approximate surface area is 139 Å². The zero-order valence-corrected chi connectivity index (χ0v) is 12.6. The molecule has 1 unspecified atom stereocenters. The number of hydrogen-bond acceptors (Lipinski definition) is 6. The van der Waals surface area contributed by atoms with Gasteiger partial charge in [0.05, 0.1) is 0 Å². The van der Waals surface area contributed by atoms with Crippen molar-refractivity contribution in [1.29, 1.82) is 0 Å². The molecule has 0 fully saturated rings. The number of carbonyl (C=O) groups is 2. The predicted octanol–water partition coefficient (Wildman–Crippen LogP) is 1.75. The van der Waals surface area contributed by atoms with Crippen molar-refractivity contribution in [2.75, 3.05) is 0 Å². The van der Waals surface area contributed by atoms with E-state index in [-0.39, 0.29) is 17.6 Å². The summed E-state index contributed by atoms with van der Waals surface area (Å²) in [4.78, 5) is 34.4. The van der Waals surface area contributed by atoms with Crippen molar-refractivity contribution in [2.45, 2.75) is 12.3 Å². The Morgan fingerprint density at radius 3 is 2.28 bits per heavy atom. The Hall–Kier alpha value is -3.55. The summed E-state index contributed by atoms with van der Waals surface area (Å²) in [5, 5.41) is 37.5. The van der Waals surface area contributed by atoms with E-state index < -0.39 is 40.7 Å². The maximum atomic E-state index is 12.2. The van der Waals surface area contributed by atoms with Gasteiger partial charge in [-0.15, -0.1) is 0 Å². The van der Waals surface area contributed by atoms with Gasteiger partial charge in [0.2, 0.25) is 5.76 Å². The van der Waals surface area contributed by atoms with Gasteiger partial charge in [-0.1, -0.05) is 0 Å². The van der Waals surface area contributed by atoms with Crippen LogP contribution in [0.1, 0.15) is 39.6 Å². The average Bonchev–Trinajstić information content (AvgIpc) is 2.55. The molecule has 8 heteroatoms. The van der Waals surface area contributed by atoms with Crippen LogP contribution >= 0.6 is 0 Å². The minimum atomic E-state index is -1.40. The van der Waals surface area contributed by atoms with E-state index in [0.717, 1.165) is 6.07 Å². The van der Waals surface area contributed by atoms with E-state index >= 15 is 0 Å². The van der Waals surface area contributed by atoms with Crippen molar-refractivity contribution in [3.63, 3.8) is 0 Å². The average molecular weight is 344 g/mol. The normalized spacial score (nSPS) is 16.0. The lowest BCUT2D eigenvalue weighted by atomic mass is 9.79. The molecular weight excluding hydrogens is 332 g/mol. The lowest BCUT2D eigenvalue weighted by molar-refractivity contribution is -0.132. The summed E-state index contributed by atoms with van der Waals surface area (Å²) >= 11 is 0. The number of aromatic carboxylic acids is 1. The number of phenols is 2. The SMILES string of the molecule is O=C(O)C1=Cc2cc(O)c(O)cc2C(c2ccc(C(=O)O)oc2=O)C1. The Morgan fingerprint density at radius 2 is 1.68 bits per heavy atom. The van der Waals surface area contributed by atoms with Crippen molar-refractivity contribution in [2.24, 2.45) is 0 Å². The Kier molecular flexibility index (Phi) is 3.80.